The van der Waals surface area contributed by atoms with Gasteiger partial charge in [-0.15, -0.1) is 0 Å². The first-order valence-corrected chi connectivity index (χ1v) is 13.2. The minimum atomic E-state index is 0.976. The third kappa shape index (κ3) is 2.12. The van der Waals surface area contributed by atoms with Crippen LogP contribution >= 0.6 is 0 Å². The summed E-state index contributed by atoms with van der Waals surface area (Å²) in [7, 11) is 0. The SMILES string of the molecule is CCc1cc(C)c2oc3c(C)ccc4c5c(CC)cc(C)c6oc7c(C)ccc8c1c2c(c34)c(c78)c65. The first-order valence-electron chi connectivity index (χ1n) is 13.2. The van der Waals surface area contributed by atoms with Gasteiger partial charge in [-0.2, -0.15) is 0 Å². The van der Waals surface area contributed by atoms with E-state index in [9.17, 15) is 0 Å². The number of hydrogen-bond acceptors (Lipinski definition) is 2. The fraction of sp³-hybridized carbons (Fsp3) is 0.235. The van der Waals surface area contributed by atoms with Gasteiger partial charge in [-0.1, -0.05) is 50.2 Å². The fourth-order valence-corrected chi connectivity index (χ4v) is 7.16. The third-order valence-electron chi connectivity index (χ3n) is 8.76. The minimum absolute atomic E-state index is 0.976. The lowest BCUT2D eigenvalue weighted by Crippen LogP contribution is -2.00. The predicted octanol–water partition coefficient (Wildman–Crippen LogP) is 10.2. The van der Waals surface area contributed by atoms with E-state index in [4.69, 9.17) is 8.83 Å². The second kappa shape index (κ2) is 6.50. The summed E-state index contributed by atoms with van der Waals surface area (Å²) >= 11 is 0. The molecule has 2 heteroatoms. The molecule has 8 rings (SSSR count). The van der Waals surface area contributed by atoms with Gasteiger partial charge >= 0.3 is 0 Å². The Bertz CT molecular complexity index is 2040. The molecule has 2 nitrogen and oxygen atoms in total. The van der Waals surface area contributed by atoms with Crippen molar-refractivity contribution in [3.05, 3.63) is 69.8 Å². The van der Waals surface area contributed by atoms with E-state index in [-0.39, 0.29) is 0 Å². The van der Waals surface area contributed by atoms with Crippen molar-refractivity contribution in [2.45, 2.75) is 54.4 Å². The van der Waals surface area contributed by atoms with Crippen molar-refractivity contribution in [3.63, 3.8) is 0 Å². The van der Waals surface area contributed by atoms with Gasteiger partial charge in [-0.25, -0.2) is 0 Å². The Labute approximate surface area is 209 Å². The van der Waals surface area contributed by atoms with Gasteiger partial charge in [0.2, 0.25) is 0 Å². The average molecular weight is 469 g/mol. The van der Waals surface area contributed by atoms with Crippen LogP contribution in [0.1, 0.15) is 47.2 Å². The van der Waals surface area contributed by atoms with Crippen LogP contribution in [-0.2, 0) is 12.8 Å². The van der Waals surface area contributed by atoms with Gasteiger partial charge in [-0.05, 0) is 95.5 Å². The standard InChI is InChI=1S/C34H28O2/c1-7-19-13-17(5)33-29-23(19)21-11-9-15(3)31-25(21)28-27(29)26-22(12-10-16(4)32(26)35-33)24-20(8-2)14-18(6)34(36-31)30(24)28/h9-14H,7-8H2,1-6H3. The number of benzene rings is 6. The molecule has 2 heterocycles. The molecule has 0 unspecified atom stereocenters. The van der Waals surface area contributed by atoms with Crippen molar-refractivity contribution in [1.29, 1.82) is 0 Å². The van der Waals surface area contributed by atoms with E-state index in [1.54, 1.807) is 0 Å². The fourth-order valence-electron chi connectivity index (χ4n) is 7.16. The molecule has 6 aromatic carbocycles. The molecule has 0 bridgehead atoms. The van der Waals surface area contributed by atoms with Crippen molar-refractivity contribution >= 4 is 76.2 Å². The Morgan fingerprint density at radius 1 is 0.444 bits per heavy atom. The van der Waals surface area contributed by atoms with Gasteiger partial charge in [-0.3, -0.25) is 0 Å². The van der Waals surface area contributed by atoms with E-state index in [1.807, 2.05) is 0 Å². The summed E-state index contributed by atoms with van der Waals surface area (Å²) in [4.78, 5) is 0. The number of hydrogen-bond donors (Lipinski definition) is 0. The van der Waals surface area contributed by atoms with Crippen LogP contribution in [-0.4, -0.2) is 0 Å². The van der Waals surface area contributed by atoms with E-state index >= 15 is 0 Å². The molecule has 0 N–H and O–H groups in total. The summed E-state index contributed by atoms with van der Waals surface area (Å²) in [6.45, 7) is 13.3. The molecule has 36 heavy (non-hydrogen) atoms. The third-order valence-corrected chi connectivity index (χ3v) is 8.76. The lowest BCUT2D eigenvalue weighted by molar-refractivity contribution is 0.654. The molecule has 0 saturated carbocycles. The highest BCUT2D eigenvalue weighted by Crippen LogP contribution is 2.53. The minimum Gasteiger partial charge on any atom is -0.455 e. The highest BCUT2D eigenvalue weighted by molar-refractivity contribution is 6.47. The molecule has 0 atom stereocenters. The number of fused-ring (bicyclic) bond motifs is 2. The molecule has 0 amide bonds. The Hall–Kier alpha value is -3.78. The van der Waals surface area contributed by atoms with Crippen molar-refractivity contribution in [2.75, 3.05) is 0 Å². The maximum Gasteiger partial charge on any atom is 0.138 e. The number of aryl methyl sites for hydroxylation is 6. The highest BCUT2D eigenvalue weighted by atomic mass is 16.3. The second-order valence-corrected chi connectivity index (χ2v) is 10.8. The number of rotatable bonds is 2. The lowest BCUT2D eigenvalue weighted by Gasteiger charge is -2.25. The Balaban J connectivity index is 1.93. The van der Waals surface area contributed by atoms with Crippen LogP contribution in [0.3, 0.4) is 0 Å². The zero-order valence-corrected chi connectivity index (χ0v) is 21.7. The van der Waals surface area contributed by atoms with E-state index in [1.165, 1.54) is 87.2 Å². The van der Waals surface area contributed by atoms with Crippen LogP contribution in [0.5, 0.6) is 0 Å². The molecule has 0 fully saturated rings. The summed E-state index contributed by atoms with van der Waals surface area (Å²) in [5.74, 6) is 0. The Morgan fingerprint density at radius 2 is 0.833 bits per heavy atom. The van der Waals surface area contributed by atoms with Crippen LogP contribution in [0.4, 0.5) is 0 Å². The molecule has 0 spiro atoms. The normalized spacial score (nSPS) is 12.9. The molecule has 0 radical (unpaired) electrons. The zero-order valence-electron chi connectivity index (χ0n) is 21.7. The van der Waals surface area contributed by atoms with E-state index in [2.05, 4.69) is 77.9 Å². The molecule has 0 aliphatic rings. The van der Waals surface area contributed by atoms with Gasteiger partial charge in [0.15, 0.2) is 0 Å². The van der Waals surface area contributed by atoms with Crippen LogP contribution < -0.4 is 0 Å². The first kappa shape index (κ1) is 20.4. The summed E-state index contributed by atoms with van der Waals surface area (Å²) in [6, 6.07) is 13.7. The topological polar surface area (TPSA) is 26.3 Å². The van der Waals surface area contributed by atoms with Gasteiger partial charge in [0, 0.05) is 32.3 Å². The van der Waals surface area contributed by atoms with Gasteiger partial charge in [0.1, 0.15) is 22.3 Å². The second-order valence-electron chi connectivity index (χ2n) is 10.8. The molecule has 0 aliphatic heterocycles. The maximum atomic E-state index is 6.88. The molecule has 176 valence electrons. The quantitative estimate of drug-likeness (QED) is 0.186. The zero-order chi connectivity index (χ0) is 24.6. The van der Waals surface area contributed by atoms with E-state index in [0.29, 0.717) is 0 Å². The van der Waals surface area contributed by atoms with Crippen molar-refractivity contribution in [1.82, 2.24) is 0 Å². The maximum absolute atomic E-state index is 6.88. The largest absolute Gasteiger partial charge is 0.455 e. The first-order chi connectivity index (χ1) is 17.4. The smallest absolute Gasteiger partial charge is 0.138 e. The van der Waals surface area contributed by atoms with Crippen LogP contribution in [0.15, 0.2) is 45.2 Å². The summed E-state index contributed by atoms with van der Waals surface area (Å²) in [6.07, 6.45) is 1.95. The molecule has 0 saturated heterocycles. The van der Waals surface area contributed by atoms with Crippen molar-refractivity contribution in [2.24, 2.45) is 0 Å². The summed E-state index contributed by atoms with van der Waals surface area (Å²) in [5.41, 5.74) is 11.6. The lowest BCUT2D eigenvalue weighted by atomic mass is 9.81. The molecular weight excluding hydrogens is 440 g/mol. The molecular formula is C34H28O2. The molecule has 0 aliphatic carbocycles. The van der Waals surface area contributed by atoms with Crippen molar-refractivity contribution < 1.29 is 8.83 Å². The van der Waals surface area contributed by atoms with E-state index < -0.39 is 0 Å². The summed E-state index contributed by atoms with van der Waals surface area (Å²) < 4.78 is 13.8. The average Bonchev–Trinajstić information content (AvgIpc) is 2.88. The Kier molecular flexibility index (Phi) is 3.69. The van der Waals surface area contributed by atoms with Crippen LogP contribution in [0, 0.1) is 27.7 Å². The highest BCUT2D eigenvalue weighted by Gasteiger charge is 2.28. The van der Waals surface area contributed by atoms with Crippen LogP contribution in [0.25, 0.3) is 76.2 Å². The predicted molar refractivity (Wildman–Crippen MR) is 154 cm³/mol. The van der Waals surface area contributed by atoms with Crippen molar-refractivity contribution in [3.8, 4) is 0 Å². The van der Waals surface area contributed by atoms with Crippen LogP contribution in [0.2, 0.25) is 0 Å². The monoisotopic (exact) mass is 468 g/mol. The van der Waals surface area contributed by atoms with Gasteiger partial charge in [0.25, 0.3) is 0 Å². The van der Waals surface area contributed by atoms with Gasteiger partial charge < -0.3 is 8.83 Å². The summed E-state index contributed by atoms with van der Waals surface area (Å²) in [5, 5.41) is 13.0. The van der Waals surface area contributed by atoms with Gasteiger partial charge in [0.05, 0.1) is 0 Å². The van der Waals surface area contributed by atoms with E-state index in [0.717, 1.165) is 35.2 Å². The molecule has 8 aromatic rings. The Morgan fingerprint density at radius 3 is 1.22 bits per heavy atom. The molecule has 2 aromatic heterocycles.